The Hall–Kier alpha value is -1.58. The van der Waals surface area contributed by atoms with Crippen molar-refractivity contribution in [3.8, 4) is 11.5 Å². The van der Waals surface area contributed by atoms with Gasteiger partial charge in [0.25, 0.3) is 5.91 Å². The van der Waals surface area contributed by atoms with Gasteiger partial charge >= 0.3 is 10.1 Å². The van der Waals surface area contributed by atoms with Gasteiger partial charge in [-0.2, -0.15) is 8.42 Å². The summed E-state index contributed by atoms with van der Waals surface area (Å²) in [5.41, 5.74) is 0.662. The third-order valence-electron chi connectivity index (χ3n) is 2.37. The Morgan fingerprint density at radius 3 is 2.57 bits per heavy atom. The van der Waals surface area contributed by atoms with Crippen molar-refractivity contribution in [2.24, 2.45) is 0 Å². The highest BCUT2D eigenvalue weighted by atomic mass is 32.2. The van der Waals surface area contributed by atoms with Crippen LogP contribution >= 0.6 is 24.0 Å². The summed E-state index contributed by atoms with van der Waals surface area (Å²) in [5, 5.41) is 2.51. The molecule has 0 spiro atoms. The Morgan fingerprint density at radius 2 is 2.05 bits per heavy atom. The number of rotatable bonds is 4. The standard InChI is InChI=1S/C12H11NO5S3/c1-17-9-5-7(3-4-8(9)18-21(2,15)16)6-10-11(14)13-12(19)20-10/h3-6H,1-2H3,(H,13,14,19)/b10-6-. The second kappa shape index (κ2) is 6.04. The lowest BCUT2D eigenvalue weighted by atomic mass is 10.2. The van der Waals surface area contributed by atoms with E-state index in [2.05, 4.69) is 5.32 Å². The van der Waals surface area contributed by atoms with E-state index >= 15 is 0 Å². The zero-order valence-electron chi connectivity index (χ0n) is 11.1. The fourth-order valence-corrected chi connectivity index (χ4v) is 3.09. The Balaban J connectivity index is 2.33. The van der Waals surface area contributed by atoms with E-state index < -0.39 is 10.1 Å². The number of hydrogen-bond acceptors (Lipinski definition) is 7. The maximum absolute atomic E-state index is 11.6. The number of hydrogen-bond donors (Lipinski definition) is 1. The van der Waals surface area contributed by atoms with Gasteiger partial charge in [0.1, 0.15) is 4.32 Å². The normalized spacial score (nSPS) is 17.0. The molecule has 0 bridgehead atoms. The van der Waals surface area contributed by atoms with Crippen LogP contribution in [0.15, 0.2) is 23.1 Å². The molecule has 2 rings (SSSR count). The number of nitrogens with one attached hydrogen (secondary N) is 1. The van der Waals surface area contributed by atoms with Gasteiger partial charge in [0.2, 0.25) is 0 Å². The highest BCUT2D eigenvalue weighted by molar-refractivity contribution is 8.26. The molecule has 0 radical (unpaired) electrons. The molecule has 1 aliphatic heterocycles. The smallest absolute Gasteiger partial charge is 0.306 e. The number of thioether (sulfide) groups is 1. The number of benzene rings is 1. The molecule has 1 fully saturated rings. The second-order valence-corrected chi connectivity index (χ2v) is 7.34. The number of thiocarbonyl (C=S) groups is 1. The Morgan fingerprint density at radius 1 is 1.33 bits per heavy atom. The van der Waals surface area contributed by atoms with Crippen LogP contribution in [0.2, 0.25) is 0 Å². The second-order valence-electron chi connectivity index (χ2n) is 4.05. The third-order valence-corrected chi connectivity index (χ3v) is 4.01. The summed E-state index contributed by atoms with van der Waals surface area (Å²) in [6.45, 7) is 0. The zero-order valence-corrected chi connectivity index (χ0v) is 13.5. The highest BCUT2D eigenvalue weighted by Crippen LogP contribution is 2.32. The molecule has 0 unspecified atom stereocenters. The molecule has 21 heavy (non-hydrogen) atoms. The molecule has 1 saturated heterocycles. The number of carbonyl (C=O) groups excluding carboxylic acids is 1. The molecule has 6 nitrogen and oxygen atoms in total. The van der Waals surface area contributed by atoms with Crippen molar-refractivity contribution in [1.29, 1.82) is 0 Å². The fourth-order valence-electron chi connectivity index (χ4n) is 1.58. The lowest BCUT2D eigenvalue weighted by Gasteiger charge is -2.09. The molecular weight excluding hydrogens is 334 g/mol. The summed E-state index contributed by atoms with van der Waals surface area (Å²) < 4.78 is 32.6. The van der Waals surface area contributed by atoms with E-state index in [1.807, 2.05) is 0 Å². The summed E-state index contributed by atoms with van der Waals surface area (Å²) in [7, 11) is -2.25. The van der Waals surface area contributed by atoms with E-state index in [-0.39, 0.29) is 17.4 Å². The van der Waals surface area contributed by atoms with Crippen molar-refractivity contribution in [1.82, 2.24) is 5.32 Å². The van der Waals surface area contributed by atoms with Crippen molar-refractivity contribution >= 4 is 50.4 Å². The van der Waals surface area contributed by atoms with E-state index in [4.69, 9.17) is 21.1 Å². The largest absolute Gasteiger partial charge is 0.493 e. The predicted molar refractivity (Wildman–Crippen MR) is 84.8 cm³/mol. The number of ether oxygens (including phenoxy) is 1. The van der Waals surface area contributed by atoms with E-state index in [1.54, 1.807) is 18.2 Å². The minimum Gasteiger partial charge on any atom is -0.493 e. The molecule has 0 atom stereocenters. The molecule has 1 amide bonds. The topological polar surface area (TPSA) is 81.7 Å². The zero-order chi connectivity index (χ0) is 15.6. The van der Waals surface area contributed by atoms with E-state index in [9.17, 15) is 13.2 Å². The maximum atomic E-state index is 11.6. The average Bonchev–Trinajstić information content (AvgIpc) is 2.68. The van der Waals surface area contributed by atoms with Crippen LogP contribution in [0.4, 0.5) is 0 Å². The van der Waals surface area contributed by atoms with Crippen LogP contribution in [0.25, 0.3) is 6.08 Å². The van der Waals surface area contributed by atoms with Crippen LogP contribution < -0.4 is 14.2 Å². The number of methoxy groups -OCH3 is 1. The molecule has 1 aromatic rings. The van der Waals surface area contributed by atoms with Gasteiger partial charge in [-0.25, -0.2) is 0 Å². The van der Waals surface area contributed by atoms with Gasteiger partial charge in [-0.3, -0.25) is 4.79 Å². The first-order valence-corrected chi connectivity index (χ1v) is 8.65. The van der Waals surface area contributed by atoms with Crippen molar-refractivity contribution in [3.63, 3.8) is 0 Å². The van der Waals surface area contributed by atoms with Crippen LogP contribution in [0.5, 0.6) is 11.5 Å². The molecule has 1 N–H and O–H groups in total. The quantitative estimate of drug-likeness (QED) is 0.503. The predicted octanol–water partition coefficient (Wildman–Crippen LogP) is 1.52. The van der Waals surface area contributed by atoms with Crippen LogP contribution in [0.3, 0.4) is 0 Å². The lowest BCUT2D eigenvalue weighted by molar-refractivity contribution is -0.115. The summed E-state index contributed by atoms with van der Waals surface area (Å²) in [5.74, 6) is 0.0717. The van der Waals surface area contributed by atoms with Crippen LogP contribution in [0, 0.1) is 0 Å². The average molecular weight is 345 g/mol. The molecule has 0 aliphatic carbocycles. The summed E-state index contributed by atoms with van der Waals surface area (Å²) in [6.07, 6.45) is 2.58. The van der Waals surface area contributed by atoms with Gasteiger partial charge in [0, 0.05) is 0 Å². The van der Waals surface area contributed by atoms with Crippen molar-refractivity contribution in [2.45, 2.75) is 0 Å². The molecule has 112 valence electrons. The molecule has 0 aromatic heterocycles. The minimum atomic E-state index is -3.64. The van der Waals surface area contributed by atoms with Gasteiger partial charge < -0.3 is 14.2 Å². The van der Waals surface area contributed by atoms with E-state index in [1.165, 1.54) is 13.2 Å². The highest BCUT2D eigenvalue weighted by Gasteiger charge is 2.22. The van der Waals surface area contributed by atoms with Gasteiger partial charge in [-0.1, -0.05) is 30.0 Å². The van der Waals surface area contributed by atoms with Gasteiger partial charge in [0.05, 0.1) is 18.3 Å². The minimum absolute atomic E-state index is 0.0844. The van der Waals surface area contributed by atoms with Crippen LogP contribution in [0.1, 0.15) is 5.56 Å². The summed E-state index contributed by atoms with van der Waals surface area (Å²) in [4.78, 5) is 12.0. The van der Waals surface area contributed by atoms with Gasteiger partial charge in [-0.15, -0.1) is 0 Å². The fraction of sp³-hybridized carbons (Fsp3) is 0.167. The monoisotopic (exact) mass is 345 g/mol. The first-order chi connectivity index (χ1) is 9.78. The number of amides is 1. The third kappa shape index (κ3) is 4.19. The van der Waals surface area contributed by atoms with Gasteiger partial charge in [-0.05, 0) is 23.8 Å². The van der Waals surface area contributed by atoms with Crippen LogP contribution in [-0.4, -0.2) is 32.0 Å². The molecule has 1 aliphatic rings. The van der Waals surface area contributed by atoms with Crippen LogP contribution in [-0.2, 0) is 14.9 Å². The van der Waals surface area contributed by atoms with Crippen molar-refractivity contribution < 1.29 is 22.1 Å². The van der Waals surface area contributed by atoms with Crippen molar-refractivity contribution in [3.05, 3.63) is 28.7 Å². The Bertz CT molecular complexity index is 739. The Labute approximate surface area is 131 Å². The van der Waals surface area contributed by atoms with E-state index in [0.717, 1.165) is 18.0 Å². The lowest BCUT2D eigenvalue weighted by Crippen LogP contribution is -2.17. The first kappa shape index (κ1) is 15.8. The molecule has 1 heterocycles. The summed E-state index contributed by atoms with van der Waals surface area (Å²) in [6, 6.07) is 4.65. The van der Waals surface area contributed by atoms with Gasteiger partial charge in [0.15, 0.2) is 11.5 Å². The number of carbonyl (C=O) groups is 1. The molecule has 9 heteroatoms. The SMILES string of the molecule is COc1cc(/C=C2\SC(=S)NC2=O)ccc1OS(C)(=O)=O. The molecular formula is C12H11NO5S3. The molecule has 1 aromatic carbocycles. The molecule has 0 saturated carbocycles. The maximum Gasteiger partial charge on any atom is 0.306 e. The van der Waals surface area contributed by atoms with E-state index in [0.29, 0.717) is 14.8 Å². The summed E-state index contributed by atoms with van der Waals surface area (Å²) >= 11 is 6.06. The first-order valence-electron chi connectivity index (χ1n) is 5.61. The Kier molecular flexibility index (Phi) is 4.55. The van der Waals surface area contributed by atoms with Crippen molar-refractivity contribution in [2.75, 3.05) is 13.4 Å².